The molecular weight excluding hydrogens is 244 g/mol. The summed E-state index contributed by atoms with van der Waals surface area (Å²) in [5.41, 5.74) is 1.51. The van der Waals surface area contributed by atoms with Gasteiger partial charge in [-0.2, -0.15) is 0 Å². The first-order valence-corrected chi connectivity index (χ1v) is 6.19. The van der Waals surface area contributed by atoms with E-state index in [0.29, 0.717) is 24.9 Å². The van der Waals surface area contributed by atoms with Crippen LogP contribution in [0.25, 0.3) is 0 Å². The van der Waals surface area contributed by atoms with Gasteiger partial charge >= 0.3 is 0 Å². The lowest BCUT2D eigenvalue weighted by Gasteiger charge is -2.29. The number of nitrogens with zero attached hydrogens (tertiary/aromatic N) is 1. The zero-order valence-electron chi connectivity index (χ0n) is 10.8. The molecule has 100 valence electrons. The van der Waals surface area contributed by atoms with E-state index >= 15 is 0 Å². The number of likely N-dealkylation sites (N-methyl/N-ethyl adjacent to an activating group) is 1. The maximum Gasteiger partial charge on any atom is 0.243 e. The summed E-state index contributed by atoms with van der Waals surface area (Å²) in [6, 6.07) is 6.96. The van der Waals surface area contributed by atoms with Gasteiger partial charge in [0.2, 0.25) is 11.8 Å². The van der Waals surface area contributed by atoms with Gasteiger partial charge in [-0.25, -0.2) is 0 Å². The number of nitrogens with one attached hydrogen (secondary N) is 1. The highest BCUT2D eigenvalue weighted by Crippen LogP contribution is 2.15. The fourth-order valence-electron chi connectivity index (χ4n) is 2.27. The summed E-state index contributed by atoms with van der Waals surface area (Å²) in [5, 5.41) is 2.34. The van der Waals surface area contributed by atoms with Crippen molar-refractivity contribution in [3.05, 3.63) is 35.4 Å². The second kappa shape index (κ2) is 5.75. The van der Waals surface area contributed by atoms with Crippen LogP contribution in [0, 0.1) is 0 Å². The van der Waals surface area contributed by atoms with Crippen molar-refractivity contribution < 1.29 is 14.4 Å². The standard InChI is InChI=1S/C14H16N2O3/c1-16(12-6-7-13(18)15-14(12)19)8-10-4-2-3-5-11(10)9-17/h2-5,9,12H,6-8H2,1H3,(H,15,18,19). The molecule has 0 saturated carbocycles. The molecule has 1 aliphatic heterocycles. The van der Waals surface area contributed by atoms with Crippen LogP contribution in [0.15, 0.2) is 24.3 Å². The minimum Gasteiger partial charge on any atom is -0.298 e. The Bertz CT molecular complexity index is 513. The summed E-state index contributed by atoms with van der Waals surface area (Å²) in [4.78, 5) is 35.7. The van der Waals surface area contributed by atoms with Crippen LogP contribution in [0.4, 0.5) is 0 Å². The van der Waals surface area contributed by atoms with Crippen LogP contribution in [0.5, 0.6) is 0 Å². The molecule has 1 fully saturated rings. The highest BCUT2D eigenvalue weighted by atomic mass is 16.2. The van der Waals surface area contributed by atoms with Crippen LogP contribution in [0.3, 0.4) is 0 Å². The first-order chi connectivity index (χ1) is 9.11. The predicted molar refractivity (Wildman–Crippen MR) is 69.5 cm³/mol. The Balaban J connectivity index is 2.08. The maximum absolute atomic E-state index is 11.7. The van der Waals surface area contributed by atoms with E-state index in [1.165, 1.54) is 0 Å². The van der Waals surface area contributed by atoms with Crippen molar-refractivity contribution in [3.8, 4) is 0 Å². The molecule has 0 radical (unpaired) electrons. The van der Waals surface area contributed by atoms with Gasteiger partial charge in [0.05, 0.1) is 6.04 Å². The van der Waals surface area contributed by atoms with Crippen molar-refractivity contribution in [2.45, 2.75) is 25.4 Å². The Hall–Kier alpha value is -2.01. The molecule has 1 aromatic carbocycles. The Morgan fingerprint density at radius 3 is 2.79 bits per heavy atom. The number of piperidine rings is 1. The van der Waals surface area contributed by atoms with Crippen molar-refractivity contribution >= 4 is 18.1 Å². The number of rotatable bonds is 4. The summed E-state index contributed by atoms with van der Waals surface area (Å²) in [5.74, 6) is -0.481. The number of imide groups is 1. The summed E-state index contributed by atoms with van der Waals surface area (Å²) in [6.45, 7) is 0.501. The molecular formula is C14H16N2O3. The number of hydrogen-bond donors (Lipinski definition) is 1. The van der Waals surface area contributed by atoms with E-state index in [2.05, 4.69) is 5.32 Å². The molecule has 0 spiro atoms. The van der Waals surface area contributed by atoms with Crippen LogP contribution < -0.4 is 5.32 Å². The van der Waals surface area contributed by atoms with E-state index in [1.54, 1.807) is 12.1 Å². The maximum atomic E-state index is 11.7. The van der Waals surface area contributed by atoms with Gasteiger partial charge in [0.1, 0.15) is 6.29 Å². The van der Waals surface area contributed by atoms with E-state index in [0.717, 1.165) is 11.8 Å². The quantitative estimate of drug-likeness (QED) is 0.640. The molecule has 1 aromatic rings. The van der Waals surface area contributed by atoms with E-state index in [9.17, 15) is 14.4 Å². The fraction of sp³-hybridized carbons (Fsp3) is 0.357. The van der Waals surface area contributed by atoms with Crippen molar-refractivity contribution in [3.63, 3.8) is 0 Å². The SMILES string of the molecule is CN(Cc1ccccc1C=O)C1CCC(=O)NC1=O. The van der Waals surface area contributed by atoms with Crippen LogP contribution in [-0.2, 0) is 16.1 Å². The number of carbonyl (C=O) groups is 3. The van der Waals surface area contributed by atoms with Crippen molar-refractivity contribution in [2.75, 3.05) is 7.05 Å². The minimum absolute atomic E-state index is 0.219. The van der Waals surface area contributed by atoms with E-state index in [-0.39, 0.29) is 17.9 Å². The summed E-state index contributed by atoms with van der Waals surface area (Å²) >= 11 is 0. The monoisotopic (exact) mass is 260 g/mol. The molecule has 0 aliphatic carbocycles. The van der Waals surface area contributed by atoms with Crippen molar-refractivity contribution in [1.29, 1.82) is 0 Å². The summed E-state index contributed by atoms with van der Waals surface area (Å²) < 4.78 is 0. The zero-order chi connectivity index (χ0) is 13.8. The third kappa shape index (κ3) is 3.06. The van der Waals surface area contributed by atoms with Crippen molar-refractivity contribution in [1.82, 2.24) is 10.2 Å². The van der Waals surface area contributed by atoms with Gasteiger partial charge in [-0.05, 0) is 19.0 Å². The first-order valence-electron chi connectivity index (χ1n) is 6.19. The number of amides is 2. The summed E-state index contributed by atoms with van der Waals surface area (Å²) in [7, 11) is 1.82. The smallest absolute Gasteiger partial charge is 0.243 e. The number of benzene rings is 1. The van der Waals surface area contributed by atoms with Crippen LogP contribution in [0.2, 0.25) is 0 Å². The molecule has 0 aromatic heterocycles. The Labute approximate surface area is 111 Å². The lowest BCUT2D eigenvalue weighted by atomic mass is 10.0. The minimum atomic E-state index is -0.322. The largest absolute Gasteiger partial charge is 0.298 e. The molecule has 1 heterocycles. The van der Waals surface area contributed by atoms with Gasteiger partial charge in [0.15, 0.2) is 0 Å². The molecule has 0 bridgehead atoms. The van der Waals surface area contributed by atoms with Gasteiger partial charge < -0.3 is 0 Å². The lowest BCUT2D eigenvalue weighted by Crippen LogP contribution is -2.51. The molecule has 1 saturated heterocycles. The topological polar surface area (TPSA) is 66.5 Å². The Morgan fingerprint density at radius 1 is 1.37 bits per heavy atom. The second-order valence-electron chi connectivity index (χ2n) is 4.70. The molecule has 5 heteroatoms. The van der Waals surface area contributed by atoms with Crippen LogP contribution >= 0.6 is 0 Å². The van der Waals surface area contributed by atoms with Gasteiger partial charge in [-0.1, -0.05) is 24.3 Å². The third-order valence-corrected chi connectivity index (χ3v) is 3.34. The highest BCUT2D eigenvalue weighted by Gasteiger charge is 2.29. The highest BCUT2D eigenvalue weighted by molar-refractivity contribution is 6.00. The Morgan fingerprint density at radius 2 is 2.11 bits per heavy atom. The average molecular weight is 260 g/mol. The van der Waals surface area contributed by atoms with Gasteiger partial charge in [-0.15, -0.1) is 0 Å². The first kappa shape index (κ1) is 13.4. The van der Waals surface area contributed by atoms with Crippen LogP contribution in [0.1, 0.15) is 28.8 Å². The number of hydrogen-bond acceptors (Lipinski definition) is 4. The average Bonchev–Trinajstić information content (AvgIpc) is 2.39. The fourth-order valence-corrected chi connectivity index (χ4v) is 2.27. The molecule has 2 rings (SSSR count). The number of aldehydes is 1. The van der Waals surface area contributed by atoms with Crippen molar-refractivity contribution in [2.24, 2.45) is 0 Å². The molecule has 1 atom stereocenters. The number of carbonyl (C=O) groups excluding carboxylic acids is 3. The predicted octanol–water partition coefficient (Wildman–Crippen LogP) is 0.736. The molecule has 2 amide bonds. The van der Waals surface area contributed by atoms with Gasteiger partial charge in [0.25, 0.3) is 0 Å². The Kier molecular flexibility index (Phi) is 4.06. The molecule has 1 unspecified atom stereocenters. The zero-order valence-corrected chi connectivity index (χ0v) is 10.8. The van der Waals surface area contributed by atoms with E-state index < -0.39 is 0 Å². The van der Waals surface area contributed by atoms with Gasteiger partial charge in [-0.3, -0.25) is 24.6 Å². The molecule has 19 heavy (non-hydrogen) atoms. The van der Waals surface area contributed by atoms with Gasteiger partial charge in [0, 0.05) is 18.5 Å². The van der Waals surface area contributed by atoms with E-state index in [4.69, 9.17) is 0 Å². The van der Waals surface area contributed by atoms with Crippen LogP contribution in [-0.4, -0.2) is 36.1 Å². The third-order valence-electron chi connectivity index (χ3n) is 3.34. The molecule has 5 nitrogen and oxygen atoms in total. The lowest BCUT2D eigenvalue weighted by molar-refractivity contribution is -0.137. The second-order valence-corrected chi connectivity index (χ2v) is 4.70. The normalized spacial score (nSPS) is 19.4. The summed E-state index contributed by atoms with van der Waals surface area (Å²) in [6.07, 6.45) is 1.69. The van der Waals surface area contributed by atoms with E-state index in [1.807, 2.05) is 24.1 Å². The molecule has 1 aliphatic rings. The molecule has 1 N–H and O–H groups in total.